The molecule has 0 radical (unpaired) electrons. The van der Waals surface area contributed by atoms with Crippen LogP contribution in [0.5, 0.6) is 5.75 Å². The van der Waals surface area contributed by atoms with Crippen LogP contribution in [0.25, 0.3) is 0 Å². The van der Waals surface area contributed by atoms with E-state index in [-0.39, 0.29) is 36.6 Å². The molecule has 9 nitrogen and oxygen atoms in total. The van der Waals surface area contributed by atoms with Crippen LogP contribution in [-0.4, -0.2) is 38.2 Å². The summed E-state index contributed by atoms with van der Waals surface area (Å²) < 4.78 is 20.1. The zero-order valence-electron chi connectivity index (χ0n) is 15.2. The van der Waals surface area contributed by atoms with Crippen molar-refractivity contribution < 1.29 is 28.9 Å². The lowest BCUT2D eigenvalue weighted by Gasteiger charge is -2.32. The molecule has 148 valence electrons. The van der Waals surface area contributed by atoms with Crippen LogP contribution in [0.3, 0.4) is 0 Å². The minimum absolute atomic E-state index is 0.153. The van der Waals surface area contributed by atoms with Gasteiger partial charge >= 0.3 is 5.97 Å². The number of carboxylic acid groups (broad SMARTS) is 1. The molecule has 3 rings (SSSR count). The largest absolute Gasteiger partial charge is 0.501 e. The fraction of sp³-hybridized carbons (Fsp3) is 0.333. The van der Waals surface area contributed by atoms with Gasteiger partial charge in [-0.05, 0) is 31.5 Å². The van der Waals surface area contributed by atoms with Crippen LogP contribution in [0, 0.1) is 5.82 Å². The molecule has 1 amide bonds. The lowest BCUT2D eigenvalue weighted by Crippen LogP contribution is -2.42. The number of hydrogen-bond donors (Lipinski definition) is 3. The molecule has 1 aliphatic rings. The van der Waals surface area contributed by atoms with Gasteiger partial charge in [-0.2, -0.15) is 0 Å². The highest BCUT2D eigenvalue weighted by Crippen LogP contribution is 2.27. The summed E-state index contributed by atoms with van der Waals surface area (Å²) >= 11 is 0. The van der Waals surface area contributed by atoms with Crippen LogP contribution in [0.4, 0.5) is 4.39 Å². The summed E-state index contributed by atoms with van der Waals surface area (Å²) in [5, 5.41) is 21.7. The average molecular weight is 391 g/mol. The monoisotopic (exact) mass is 391 g/mol. The molecule has 0 fully saturated rings. The molecule has 0 bridgehead atoms. The molecular formula is C18H18FN3O6. The fourth-order valence-corrected chi connectivity index (χ4v) is 2.99. The number of nitrogens with zero attached hydrogens (tertiary/aromatic N) is 2. The Balaban J connectivity index is 1.91. The van der Waals surface area contributed by atoms with Crippen molar-refractivity contribution >= 4 is 11.9 Å². The van der Waals surface area contributed by atoms with Crippen molar-refractivity contribution in [2.45, 2.75) is 32.5 Å². The lowest BCUT2D eigenvalue weighted by atomic mass is 10.1. The van der Waals surface area contributed by atoms with E-state index in [0.717, 1.165) is 12.1 Å². The third kappa shape index (κ3) is 3.46. The van der Waals surface area contributed by atoms with Crippen LogP contribution >= 0.6 is 0 Å². The number of aromatic nitrogens is 2. The van der Waals surface area contributed by atoms with Gasteiger partial charge in [0.25, 0.3) is 11.5 Å². The van der Waals surface area contributed by atoms with Gasteiger partial charge in [-0.3, -0.25) is 14.2 Å². The maximum atomic E-state index is 13.3. The van der Waals surface area contributed by atoms with Crippen molar-refractivity contribution in [1.82, 2.24) is 14.9 Å². The van der Waals surface area contributed by atoms with Crippen molar-refractivity contribution in [3.8, 4) is 5.75 Å². The van der Waals surface area contributed by atoms with E-state index in [2.05, 4.69) is 10.3 Å². The van der Waals surface area contributed by atoms with Crippen molar-refractivity contribution in [3.63, 3.8) is 0 Å². The molecule has 3 N–H and O–H groups in total. The van der Waals surface area contributed by atoms with Gasteiger partial charge in [-0.25, -0.2) is 14.2 Å². The molecule has 2 heterocycles. The van der Waals surface area contributed by atoms with E-state index in [0.29, 0.717) is 0 Å². The number of hydrogen-bond acceptors (Lipinski definition) is 6. The second kappa shape index (κ2) is 7.04. The van der Waals surface area contributed by atoms with E-state index in [4.69, 9.17) is 9.84 Å². The number of benzene rings is 1. The molecule has 1 aromatic heterocycles. The Labute approximate surface area is 158 Å². The molecule has 0 aliphatic carbocycles. The number of carbonyl (C=O) groups excluding carboxylic acids is 1. The first-order valence-corrected chi connectivity index (χ1v) is 8.40. The topological polar surface area (TPSA) is 131 Å². The third-order valence-electron chi connectivity index (χ3n) is 4.42. The van der Waals surface area contributed by atoms with Crippen molar-refractivity contribution in [1.29, 1.82) is 0 Å². The third-order valence-corrected chi connectivity index (χ3v) is 4.42. The Kier molecular flexibility index (Phi) is 4.90. The summed E-state index contributed by atoms with van der Waals surface area (Å²) in [4.78, 5) is 40.2. The second-order valence-electron chi connectivity index (χ2n) is 6.74. The average Bonchev–Trinajstić information content (AvgIpc) is 2.63. The van der Waals surface area contributed by atoms with Gasteiger partial charge in [0.05, 0.1) is 18.7 Å². The number of ether oxygens (including phenoxy) is 1. The smallest absolute Gasteiger partial charge is 0.336 e. The molecule has 1 aliphatic heterocycles. The number of nitrogens with one attached hydrogen (secondary N) is 1. The van der Waals surface area contributed by atoms with Gasteiger partial charge in [0.1, 0.15) is 17.2 Å². The van der Waals surface area contributed by atoms with Crippen LogP contribution in [0.15, 0.2) is 23.0 Å². The van der Waals surface area contributed by atoms with Gasteiger partial charge < -0.3 is 20.3 Å². The first-order chi connectivity index (χ1) is 13.1. The molecule has 0 atom stereocenters. The highest BCUT2D eigenvalue weighted by molar-refractivity contribution is 5.95. The van der Waals surface area contributed by atoms with Crippen LogP contribution < -0.4 is 10.9 Å². The molecule has 28 heavy (non-hydrogen) atoms. The summed E-state index contributed by atoms with van der Waals surface area (Å²) in [6.45, 7) is 3.55. The van der Waals surface area contributed by atoms with Crippen molar-refractivity contribution in [3.05, 3.63) is 57.0 Å². The number of aromatic carboxylic acids is 1. The summed E-state index contributed by atoms with van der Waals surface area (Å²) in [5.41, 5.74) is -2.35. The van der Waals surface area contributed by atoms with Gasteiger partial charge in [-0.15, -0.1) is 0 Å². The second-order valence-corrected chi connectivity index (χ2v) is 6.74. The zero-order valence-corrected chi connectivity index (χ0v) is 15.2. The van der Waals surface area contributed by atoms with E-state index in [1.165, 1.54) is 10.6 Å². The van der Waals surface area contributed by atoms with Crippen LogP contribution in [0.1, 0.15) is 46.1 Å². The number of aromatic hydroxyl groups is 1. The number of amides is 1. The lowest BCUT2D eigenvalue weighted by molar-refractivity contribution is -0.0566. The predicted octanol–water partition coefficient (Wildman–Crippen LogP) is 0.982. The first-order valence-electron chi connectivity index (χ1n) is 8.40. The van der Waals surface area contributed by atoms with E-state index in [1.807, 2.05) is 0 Å². The minimum Gasteiger partial charge on any atom is -0.501 e. The van der Waals surface area contributed by atoms with Gasteiger partial charge in [0.15, 0.2) is 5.69 Å². The fourth-order valence-electron chi connectivity index (χ4n) is 2.99. The van der Waals surface area contributed by atoms with Gasteiger partial charge in [0.2, 0.25) is 5.75 Å². The molecule has 2 aromatic rings. The van der Waals surface area contributed by atoms with Crippen LogP contribution in [-0.2, 0) is 23.4 Å². The minimum atomic E-state index is -1.35. The normalized spacial score (nSPS) is 15.0. The van der Waals surface area contributed by atoms with E-state index in [9.17, 15) is 23.9 Å². The molecular weight excluding hydrogens is 373 g/mol. The zero-order chi connectivity index (χ0) is 20.6. The number of rotatable bonds is 4. The molecule has 0 saturated heterocycles. The Morgan fingerprint density at radius 3 is 2.79 bits per heavy atom. The Morgan fingerprint density at radius 2 is 2.11 bits per heavy atom. The summed E-state index contributed by atoms with van der Waals surface area (Å²) in [7, 11) is 0. The van der Waals surface area contributed by atoms with Crippen molar-refractivity contribution in [2.75, 3.05) is 6.61 Å². The molecule has 0 unspecified atom stereocenters. The Morgan fingerprint density at radius 1 is 1.39 bits per heavy atom. The summed E-state index contributed by atoms with van der Waals surface area (Å²) in [5.74, 6) is -3.57. The molecule has 1 aromatic carbocycles. The number of halogens is 1. The van der Waals surface area contributed by atoms with Gasteiger partial charge in [-0.1, -0.05) is 6.07 Å². The number of carboxylic acids is 1. The van der Waals surface area contributed by atoms with Crippen LogP contribution in [0.2, 0.25) is 0 Å². The Bertz CT molecular complexity index is 1030. The standard InChI is InChI=1S/C18H18FN3O6/c1-18(2)17-21-12(13(23)15(25)22(17)5-6-28-18)14(24)20-8-9-3-4-10(19)7-11(9)16(26)27/h3-4,7,23H,5-6,8H2,1-2H3,(H,20,24)(H,26,27). The molecule has 0 saturated carbocycles. The number of fused-ring (bicyclic) bond motifs is 1. The molecule has 10 heteroatoms. The van der Waals surface area contributed by atoms with E-state index >= 15 is 0 Å². The highest BCUT2D eigenvalue weighted by Gasteiger charge is 2.34. The first kappa shape index (κ1) is 19.5. The van der Waals surface area contributed by atoms with Crippen molar-refractivity contribution in [2.24, 2.45) is 0 Å². The number of carbonyl (C=O) groups is 2. The predicted molar refractivity (Wildman–Crippen MR) is 93.7 cm³/mol. The summed E-state index contributed by atoms with van der Waals surface area (Å²) in [6, 6.07) is 3.13. The maximum absolute atomic E-state index is 13.3. The summed E-state index contributed by atoms with van der Waals surface area (Å²) in [6.07, 6.45) is 0. The maximum Gasteiger partial charge on any atom is 0.336 e. The molecule has 0 spiro atoms. The quantitative estimate of drug-likeness (QED) is 0.708. The Hall–Kier alpha value is -3.27. The van der Waals surface area contributed by atoms with Gasteiger partial charge in [0, 0.05) is 6.54 Å². The SMILES string of the molecule is CC1(C)OCCn2c1nc(C(=O)NCc1ccc(F)cc1C(=O)O)c(O)c2=O. The van der Waals surface area contributed by atoms with E-state index in [1.54, 1.807) is 13.8 Å². The van der Waals surface area contributed by atoms with E-state index < -0.39 is 40.3 Å². The highest BCUT2D eigenvalue weighted by atomic mass is 19.1.